The molecule has 0 saturated carbocycles. The van der Waals surface area contributed by atoms with E-state index in [0.717, 1.165) is 11.3 Å². The van der Waals surface area contributed by atoms with Crippen LogP contribution in [0.15, 0.2) is 30.6 Å². The topological polar surface area (TPSA) is 143 Å². The highest BCUT2D eigenvalue weighted by atomic mass is 35.5. The summed E-state index contributed by atoms with van der Waals surface area (Å²) >= 11 is 7.68. The lowest BCUT2D eigenvalue weighted by Crippen LogP contribution is -2.43. The number of hydrogen-bond acceptors (Lipinski definition) is 11. The van der Waals surface area contributed by atoms with Crippen molar-refractivity contribution >= 4 is 60.6 Å². The summed E-state index contributed by atoms with van der Waals surface area (Å²) < 4.78 is 52.1. The number of rotatable bonds is 7. The van der Waals surface area contributed by atoms with Crippen LogP contribution in [0.4, 0.5) is 29.8 Å². The molecule has 4 heterocycles. The summed E-state index contributed by atoms with van der Waals surface area (Å²) in [6.45, 7) is 3.99. The molecular weight excluding hydrogens is 639 g/mol. The maximum absolute atomic E-state index is 16.9. The maximum atomic E-state index is 16.9. The minimum Gasteiger partial charge on any atom is -0.461 e. The molecule has 1 aliphatic rings. The summed E-state index contributed by atoms with van der Waals surface area (Å²) in [7, 11) is 3.53. The number of benzene rings is 2. The highest BCUT2D eigenvalue weighted by Gasteiger charge is 2.41. The molecule has 0 unspecified atom stereocenters. The lowest BCUT2D eigenvalue weighted by molar-refractivity contribution is 0.108. The zero-order valence-electron chi connectivity index (χ0n) is 25.3. The van der Waals surface area contributed by atoms with E-state index in [9.17, 15) is 14.0 Å². The Morgan fingerprint density at radius 3 is 2.67 bits per heavy atom. The van der Waals surface area contributed by atoms with Gasteiger partial charge in [-0.3, -0.25) is 9.88 Å². The van der Waals surface area contributed by atoms with E-state index in [1.165, 1.54) is 30.6 Å². The van der Waals surface area contributed by atoms with Crippen LogP contribution < -0.4 is 21.1 Å². The largest absolute Gasteiger partial charge is 0.461 e. The normalized spacial score (nSPS) is 19.1. The first-order valence-corrected chi connectivity index (χ1v) is 15.4. The van der Waals surface area contributed by atoms with Crippen molar-refractivity contribution in [3.63, 3.8) is 0 Å². The Morgan fingerprint density at radius 2 is 2.00 bits per heavy atom. The number of halogens is 4. The Morgan fingerprint density at radius 1 is 1.26 bits per heavy atom. The van der Waals surface area contributed by atoms with Gasteiger partial charge in [0.05, 0.1) is 26.9 Å². The molecule has 0 radical (unpaired) electrons. The lowest BCUT2D eigenvalue weighted by atomic mass is 9.97. The summed E-state index contributed by atoms with van der Waals surface area (Å²) in [6, 6.07) is 5.39. The second-order valence-electron chi connectivity index (χ2n) is 11.6. The molecule has 238 valence electrons. The van der Waals surface area contributed by atoms with E-state index in [-0.39, 0.29) is 84.9 Å². The van der Waals surface area contributed by atoms with Crippen LogP contribution in [0, 0.1) is 23.0 Å². The van der Waals surface area contributed by atoms with E-state index in [1.807, 2.05) is 24.8 Å². The van der Waals surface area contributed by atoms with Crippen LogP contribution in [0.1, 0.15) is 37.6 Å². The van der Waals surface area contributed by atoms with Crippen LogP contribution >= 0.6 is 22.9 Å². The molecule has 0 amide bonds. The van der Waals surface area contributed by atoms with E-state index in [2.05, 4.69) is 19.9 Å². The van der Waals surface area contributed by atoms with Gasteiger partial charge in [0.1, 0.15) is 52.5 Å². The third kappa shape index (κ3) is 5.18. The number of fused-ring (bicyclic) bond motifs is 2. The Balaban J connectivity index is 1.56. The highest BCUT2D eigenvalue weighted by Crippen LogP contribution is 2.46. The second kappa shape index (κ2) is 11.7. The van der Waals surface area contributed by atoms with Gasteiger partial charge in [-0.25, -0.2) is 18.2 Å². The average molecular weight is 668 g/mol. The molecule has 6 rings (SSSR count). The van der Waals surface area contributed by atoms with Crippen molar-refractivity contribution in [1.82, 2.24) is 24.8 Å². The number of nitriles is 1. The van der Waals surface area contributed by atoms with Crippen molar-refractivity contribution in [3.05, 3.63) is 58.5 Å². The zero-order valence-corrected chi connectivity index (χ0v) is 26.8. The van der Waals surface area contributed by atoms with Crippen LogP contribution in [0.2, 0.25) is 5.02 Å². The average Bonchev–Trinajstić information content (AvgIpc) is 3.50. The molecule has 15 heteroatoms. The molecule has 4 N–H and O–H groups in total. The van der Waals surface area contributed by atoms with E-state index >= 15 is 4.39 Å². The van der Waals surface area contributed by atoms with Crippen LogP contribution in [-0.4, -0.2) is 63.8 Å². The van der Waals surface area contributed by atoms with E-state index < -0.39 is 29.4 Å². The number of hydrogen-bond donors (Lipinski definition) is 2. The zero-order chi connectivity index (χ0) is 33.1. The quantitative estimate of drug-likeness (QED) is 0.204. The third-order valence-corrected chi connectivity index (χ3v) is 10.0. The number of likely N-dealkylation sites (N-methyl/N-ethyl adjacent to an activating group) is 1. The number of thiophene rings is 1. The number of nitrogens with zero attached hydrogens (tertiary/aromatic N) is 7. The molecule has 10 nitrogen and oxygen atoms in total. The molecule has 1 saturated heterocycles. The Kier molecular flexibility index (Phi) is 8.04. The third-order valence-electron chi connectivity index (χ3n) is 8.68. The smallest absolute Gasteiger partial charge is 0.319 e. The molecule has 46 heavy (non-hydrogen) atoms. The second-order valence-corrected chi connectivity index (χ2v) is 13.1. The summed E-state index contributed by atoms with van der Waals surface area (Å²) in [6.07, 6.45) is 2.21. The minimum atomic E-state index is -1.02. The fraction of sp³-hybridized carbons (Fsp3) is 0.323. The van der Waals surface area contributed by atoms with Crippen molar-refractivity contribution in [3.8, 4) is 23.2 Å². The minimum absolute atomic E-state index is 0.0210. The molecule has 1 aliphatic heterocycles. The van der Waals surface area contributed by atoms with Gasteiger partial charge in [-0.1, -0.05) is 17.7 Å². The van der Waals surface area contributed by atoms with Crippen molar-refractivity contribution < 1.29 is 17.9 Å². The fourth-order valence-corrected chi connectivity index (χ4v) is 7.14. The van der Waals surface area contributed by atoms with Gasteiger partial charge in [0.2, 0.25) is 0 Å². The fourth-order valence-electron chi connectivity index (χ4n) is 5.90. The van der Waals surface area contributed by atoms with Crippen LogP contribution in [0.3, 0.4) is 0 Å². The van der Waals surface area contributed by atoms with Gasteiger partial charge in [0.15, 0.2) is 5.82 Å². The standard InChI is InChI=1S/C31H29ClF3N9OS/c1-14(24-27(37)40-8-7-39-24)44(4)29-17-9-19(32)22(16-5-6-20(34)26-21(16)18(11-36)28(38)46-26)23(35)25(17)41-30(42-29)45-13-31(2)10-15(33)12-43(31)3/h5-9,14-15H,10,12-13,38H2,1-4H3,(H2,37,40)/t14-,15-,31-/m1/s1. The number of nitrogen functional groups attached to an aromatic ring is 2. The van der Waals surface area contributed by atoms with Gasteiger partial charge in [0.25, 0.3) is 0 Å². The number of likely N-dealkylation sites (tertiary alicyclic amines) is 1. The molecule has 0 spiro atoms. The first-order chi connectivity index (χ1) is 21.8. The highest BCUT2D eigenvalue weighted by molar-refractivity contribution is 7.23. The Hall–Kier alpha value is -4.45. The Bertz CT molecular complexity index is 2050. The van der Waals surface area contributed by atoms with Crippen molar-refractivity contribution in [2.75, 3.05) is 43.6 Å². The number of alkyl halides is 1. The van der Waals surface area contributed by atoms with Gasteiger partial charge in [0, 0.05) is 48.7 Å². The van der Waals surface area contributed by atoms with Crippen LogP contribution in [0.25, 0.3) is 32.1 Å². The molecule has 0 aliphatic carbocycles. The molecule has 3 atom stereocenters. The number of aromatic nitrogens is 4. The SMILES string of the molecule is C[C@H](c1nccnc1N)N(C)c1nc(OC[C@@]2(C)C[C@@H](F)CN2C)nc2c(F)c(-c3ccc(F)c4sc(N)c(C#N)c34)c(Cl)cc12. The molecule has 1 fully saturated rings. The van der Waals surface area contributed by atoms with Gasteiger partial charge < -0.3 is 21.1 Å². The monoisotopic (exact) mass is 667 g/mol. The van der Waals surface area contributed by atoms with Crippen molar-refractivity contribution in [2.24, 2.45) is 0 Å². The van der Waals surface area contributed by atoms with Crippen LogP contribution in [0.5, 0.6) is 6.01 Å². The first-order valence-electron chi connectivity index (χ1n) is 14.2. The maximum Gasteiger partial charge on any atom is 0.319 e. The number of anilines is 3. The summed E-state index contributed by atoms with van der Waals surface area (Å²) in [5.41, 5.74) is 11.9. The van der Waals surface area contributed by atoms with Crippen molar-refractivity contribution in [1.29, 1.82) is 5.26 Å². The predicted octanol–water partition coefficient (Wildman–Crippen LogP) is 6.28. The summed E-state index contributed by atoms with van der Waals surface area (Å²) in [5.74, 6) is -0.982. The van der Waals surface area contributed by atoms with Gasteiger partial charge in [-0.15, -0.1) is 11.3 Å². The van der Waals surface area contributed by atoms with Gasteiger partial charge >= 0.3 is 6.01 Å². The molecule has 3 aromatic heterocycles. The van der Waals surface area contributed by atoms with Gasteiger partial charge in [-0.05, 0) is 38.6 Å². The molecular formula is C31H29ClF3N9OS. The molecule has 2 aromatic carbocycles. The van der Waals surface area contributed by atoms with Crippen LogP contribution in [-0.2, 0) is 0 Å². The van der Waals surface area contributed by atoms with E-state index in [1.54, 1.807) is 19.0 Å². The predicted molar refractivity (Wildman–Crippen MR) is 174 cm³/mol. The molecule has 0 bridgehead atoms. The first kappa shape index (κ1) is 31.5. The van der Waals surface area contributed by atoms with Gasteiger partial charge in [-0.2, -0.15) is 15.2 Å². The number of ether oxygens (including phenoxy) is 1. The number of nitrogens with two attached hydrogens (primary N) is 2. The van der Waals surface area contributed by atoms with E-state index in [0.29, 0.717) is 5.69 Å². The summed E-state index contributed by atoms with van der Waals surface area (Å²) in [4.78, 5) is 21.2. The summed E-state index contributed by atoms with van der Waals surface area (Å²) in [5, 5.41) is 10.3. The molecule has 5 aromatic rings. The lowest BCUT2D eigenvalue weighted by Gasteiger charge is -2.31. The van der Waals surface area contributed by atoms with Crippen molar-refractivity contribution in [2.45, 2.75) is 38.0 Å². The Labute approximate surface area is 271 Å². The van der Waals surface area contributed by atoms with E-state index in [4.69, 9.17) is 27.8 Å².